The van der Waals surface area contributed by atoms with Crippen molar-refractivity contribution in [2.24, 2.45) is 0 Å². The van der Waals surface area contributed by atoms with Crippen molar-refractivity contribution in [2.45, 2.75) is 6.61 Å². The van der Waals surface area contributed by atoms with Gasteiger partial charge < -0.3 is 4.74 Å². The fraction of sp³-hybridized carbons (Fsp3) is 0.0833. The Morgan fingerprint density at radius 2 is 1.88 bits per heavy atom. The van der Waals surface area contributed by atoms with Crippen molar-refractivity contribution in [1.29, 1.82) is 0 Å². The fourth-order valence-electron chi connectivity index (χ4n) is 1.23. The summed E-state index contributed by atoms with van der Waals surface area (Å²) >= 11 is 11.7. The maximum Gasteiger partial charge on any atom is 0.232 e. The molecule has 1 aromatic heterocycles. The highest BCUT2D eigenvalue weighted by molar-refractivity contribution is 6.35. The van der Waals surface area contributed by atoms with Crippen LogP contribution in [-0.2, 0) is 6.61 Å². The zero-order valence-corrected chi connectivity index (χ0v) is 9.87. The van der Waals surface area contributed by atoms with Crippen molar-refractivity contribution in [3.05, 3.63) is 58.2 Å². The maximum atomic E-state index is 5.92. The molecule has 0 atom stereocenters. The van der Waals surface area contributed by atoms with Crippen LogP contribution >= 0.6 is 23.2 Å². The Morgan fingerprint density at radius 1 is 1.12 bits per heavy atom. The van der Waals surface area contributed by atoms with Gasteiger partial charge in [-0.2, -0.15) is 0 Å². The van der Waals surface area contributed by atoms with Crippen LogP contribution in [0.5, 0.6) is 5.88 Å². The van der Waals surface area contributed by atoms with Crippen molar-refractivity contribution < 1.29 is 4.74 Å². The van der Waals surface area contributed by atoms with Crippen molar-refractivity contribution >= 4 is 23.2 Å². The van der Waals surface area contributed by atoms with Gasteiger partial charge in [0.25, 0.3) is 0 Å². The highest BCUT2D eigenvalue weighted by Gasteiger charge is 2.04. The summed E-state index contributed by atoms with van der Waals surface area (Å²) in [5.74, 6) is 0.398. The molecule has 4 heteroatoms. The average molecular weight is 254 g/mol. The Labute approximate surface area is 104 Å². The van der Waals surface area contributed by atoms with Crippen molar-refractivity contribution in [3.63, 3.8) is 0 Å². The zero-order valence-electron chi connectivity index (χ0n) is 8.36. The molecule has 0 saturated carbocycles. The number of halogens is 2. The van der Waals surface area contributed by atoms with E-state index >= 15 is 0 Å². The lowest BCUT2D eigenvalue weighted by atomic mass is 10.2. The van der Waals surface area contributed by atoms with Crippen LogP contribution in [0.25, 0.3) is 0 Å². The zero-order chi connectivity index (χ0) is 11.4. The smallest absolute Gasteiger partial charge is 0.232 e. The highest BCUT2D eigenvalue weighted by atomic mass is 35.5. The number of ether oxygens (including phenoxy) is 1. The van der Waals surface area contributed by atoms with Crippen molar-refractivity contribution in [1.82, 2.24) is 4.98 Å². The Balaban J connectivity index is 2.05. The summed E-state index contributed by atoms with van der Waals surface area (Å²) in [4.78, 5) is 4.01. The largest absolute Gasteiger partial charge is 0.472 e. The fourth-order valence-corrected chi connectivity index (χ4v) is 1.67. The SMILES string of the molecule is Clc1cnc(OCc2ccccc2)c(Cl)c1. The van der Waals surface area contributed by atoms with Gasteiger partial charge in [-0.25, -0.2) is 4.98 Å². The number of rotatable bonds is 3. The molecule has 0 radical (unpaired) electrons. The second-order valence-electron chi connectivity index (χ2n) is 3.21. The number of hydrogen-bond donors (Lipinski definition) is 0. The first-order chi connectivity index (χ1) is 7.75. The first-order valence-electron chi connectivity index (χ1n) is 4.73. The summed E-state index contributed by atoms with van der Waals surface area (Å²) in [6.07, 6.45) is 1.51. The van der Waals surface area contributed by atoms with Crippen LogP contribution in [0.3, 0.4) is 0 Å². The minimum Gasteiger partial charge on any atom is -0.472 e. The third-order valence-corrected chi connectivity index (χ3v) is 2.47. The average Bonchev–Trinajstić information content (AvgIpc) is 2.29. The molecule has 0 unspecified atom stereocenters. The van der Waals surface area contributed by atoms with Crippen LogP contribution in [-0.4, -0.2) is 4.98 Å². The van der Waals surface area contributed by atoms with Gasteiger partial charge in [0, 0.05) is 6.20 Å². The van der Waals surface area contributed by atoms with Crippen LogP contribution in [0.15, 0.2) is 42.6 Å². The number of pyridine rings is 1. The van der Waals surface area contributed by atoms with E-state index in [2.05, 4.69) is 4.98 Å². The minimum atomic E-state index is 0.398. The summed E-state index contributed by atoms with van der Waals surface area (Å²) in [6, 6.07) is 11.4. The molecule has 0 N–H and O–H groups in total. The van der Waals surface area contributed by atoms with Gasteiger partial charge >= 0.3 is 0 Å². The van der Waals surface area contributed by atoms with Crippen molar-refractivity contribution in [3.8, 4) is 5.88 Å². The van der Waals surface area contributed by atoms with Gasteiger partial charge in [0.05, 0.1) is 5.02 Å². The predicted octanol–water partition coefficient (Wildman–Crippen LogP) is 3.97. The standard InChI is InChI=1S/C12H9Cl2NO/c13-10-6-11(14)12(15-7-10)16-8-9-4-2-1-3-5-9/h1-7H,8H2. The van der Waals surface area contributed by atoms with E-state index in [1.54, 1.807) is 6.07 Å². The number of hydrogen-bond acceptors (Lipinski definition) is 2. The molecule has 0 bridgehead atoms. The Kier molecular flexibility index (Phi) is 3.65. The van der Waals surface area contributed by atoms with Crippen LogP contribution in [0.4, 0.5) is 0 Å². The number of aromatic nitrogens is 1. The summed E-state index contributed by atoms with van der Waals surface area (Å²) in [6.45, 7) is 0.440. The minimum absolute atomic E-state index is 0.398. The predicted molar refractivity (Wildman–Crippen MR) is 65.0 cm³/mol. The second-order valence-corrected chi connectivity index (χ2v) is 4.06. The van der Waals surface area contributed by atoms with Gasteiger partial charge in [0.1, 0.15) is 11.6 Å². The molecule has 2 aromatic rings. The molecule has 1 heterocycles. The van der Waals surface area contributed by atoms with Crippen LogP contribution in [0.1, 0.15) is 5.56 Å². The summed E-state index contributed by atoms with van der Waals surface area (Å²) in [5, 5.41) is 0.917. The van der Waals surface area contributed by atoms with E-state index in [-0.39, 0.29) is 0 Å². The Morgan fingerprint density at radius 3 is 2.56 bits per heavy atom. The molecule has 0 amide bonds. The first-order valence-corrected chi connectivity index (χ1v) is 5.49. The van der Waals surface area contributed by atoms with E-state index < -0.39 is 0 Å². The first kappa shape index (κ1) is 11.2. The molecular formula is C12H9Cl2NO. The highest BCUT2D eigenvalue weighted by Crippen LogP contribution is 2.25. The quantitative estimate of drug-likeness (QED) is 0.826. The molecule has 2 rings (SSSR count). The van der Waals surface area contributed by atoms with Gasteiger partial charge in [-0.1, -0.05) is 53.5 Å². The second kappa shape index (κ2) is 5.19. The normalized spacial score (nSPS) is 10.1. The molecule has 0 aliphatic heterocycles. The lowest BCUT2D eigenvalue weighted by Gasteiger charge is -2.06. The topological polar surface area (TPSA) is 22.1 Å². The van der Waals surface area contributed by atoms with E-state index in [1.807, 2.05) is 30.3 Å². The lowest BCUT2D eigenvalue weighted by molar-refractivity contribution is 0.294. The molecule has 0 spiro atoms. The van der Waals surface area contributed by atoms with Gasteiger partial charge in [0.15, 0.2) is 0 Å². The van der Waals surface area contributed by atoms with E-state index in [0.29, 0.717) is 22.5 Å². The maximum absolute atomic E-state index is 5.92. The van der Waals surface area contributed by atoms with Gasteiger partial charge in [0.2, 0.25) is 5.88 Å². The molecule has 16 heavy (non-hydrogen) atoms. The third-order valence-electron chi connectivity index (χ3n) is 1.99. The van der Waals surface area contributed by atoms with Gasteiger partial charge in [-0.15, -0.1) is 0 Å². The molecule has 2 nitrogen and oxygen atoms in total. The molecule has 1 aromatic carbocycles. The number of benzene rings is 1. The summed E-state index contributed by atoms with van der Waals surface area (Å²) in [7, 11) is 0. The van der Waals surface area contributed by atoms with E-state index in [0.717, 1.165) is 5.56 Å². The molecule has 0 saturated heterocycles. The molecule has 0 aliphatic rings. The number of nitrogens with zero attached hydrogens (tertiary/aromatic N) is 1. The molecule has 82 valence electrons. The molecule has 0 fully saturated rings. The Hall–Kier alpha value is -1.25. The van der Waals surface area contributed by atoms with Crippen molar-refractivity contribution in [2.75, 3.05) is 0 Å². The lowest BCUT2D eigenvalue weighted by Crippen LogP contribution is -1.97. The third kappa shape index (κ3) is 2.87. The van der Waals surface area contributed by atoms with Crippen LogP contribution < -0.4 is 4.74 Å². The van der Waals surface area contributed by atoms with E-state index in [9.17, 15) is 0 Å². The van der Waals surface area contributed by atoms with Gasteiger partial charge in [-0.3, -0.25) is 0 Å². The Bertz CT molecular complexity index is 474. The summed E-state index contributed by atoms with van der Waals surface area (Å²) < 4.78 is 5.48. The monoisotopic (exact) mass is 253 g/mol. The molecule has 0 aliphatic carbocycles. The van der Waals surface area contributed by atoms with E-state index in [4.69, 9.17) is 27.9 Å². The van der Waals surface area contributed by atoms with Crippen LogP contribution in [0, 0.1) is 0 Å². The van der Waals surface area contributed by atoms with Crippen LogP contribution in [0.2, 0.25) is 10.0 Å². The van der Waals surface area contributed by atoms with E-state index in [1.165, 1.54) is 6.20 Å². The summed E-state index contributed by atoms with van der Waals surface area (Å²) in [5.41, 5.74) is 1.07. The van der Waals surface area contributed by atoms with Gasteiger partial charge in [-0.05, 0) is 11.6 Å². The molecular weight excluding hydrogens is 245 g/mol.